The fraction of sp³-hybridized carbons (Fsp3) is 0.400. The third-order valence-electron chi connectivity index (χ3n) is 3.94. The number of hydrogen-bond acceptors (Lipinski definition) is 5. The number of hydrogen-bond donors (Lipinski definition) is 1. The van der Waals surface area contributed by atoms with E-state index in [1.54, 1.807) is 18.2 Å². The second-order valence-electron chi connectivity index (χ2n) is 5.46. The van der Waals surface area contributed by atoms with Crippen molar-refractivity contribution in [3.05, 3.63) is 40.6 Å². The largest absolute Gasteiger partial charge is 0.490 e. The van der Waals surface area contributed by atoms with Crippen LogP contribution in [0.1, 0.15) is 25.7 Å². The Balaban J connectivity index is 1.92. The molecule has 1 aliphatic rings. The van der Waals surface area contributed by atoms with Crippen molar-refractivity contribution in [3.63, 3.8) is 0 Å². The minimum Gasteiger partial charge on any atom is -0.490 e. The number of benzene rings is 1. The summed E-state index contributed by atoms with van der Waals surface area (Å²) >= 11 is 0. The van der Waals surface area contributed by atoms with E-state index in [0.29, 0.717) is 16.7 Å². The van der Waals surface area contributed by atoms with Crippen LogP contribution in [0.15, 0.2) is 30.5 Å². The summed E-state index contributed by atoms with van der Waals surface area (Å²) in [6.07, 6.45) is 4.99. The number of aromatic nitrogens is 1. The molecule has 1 aromatic heterocycles. The fourth-order valence-electron chi connectivity index (χ4n) is 2.79. The molecule has 0 unspecified atom stereocenters. The number of pyridine rings is 1. The molecule has 0 atom stereocenters. The van der Waals surface area contributed by atoms with Crippen LogP contribution >= 0.6 is 0 Å². The van der Waals surface area contributed by atoms with Gasteiger partial charge in [0.2, 0.25) is 0 Å². The maximum absolute atomic E-state index is 11.0. The number of ether oxygens (including phenoxy) is 1. The maximum atomic E-state index is 11.0. The number of rotatable bonds is 4. The van der Waals surface area contributed by atoms with Crippen molar-refractivity contribution in [1.29, 1.82) is 0 Å². The number of non-ortho nitro benzene ring substituents is 1. The first-order valence-electron chi connectivity index (χ1n) is 6.96. The van der Waals surface area contributed by atoms with Gasteiger partial charge >= 0.3 is 0 Å². The smallest absolute Gasteiger partial charge is 0.295 e. The molecule has 0 amide bonds. The number of fused-ring (bicyclic) bond motifs is 1. The SMILES string of the molecule is O=[N+]([O-])c1ccc(OCC2(O)CCCC2)c2cccnc12. The first-order valence-corrected chi connectivity index (χ1v) is 6.96. The zero-order valence-electron chi connectivity index (χ0n) is 11.5. The summed E-state index contributed by atoms with van der Waals surface area (Å²) in [7, 11) is 0. The van der Waals surface area contributed by atoms with Crippen LogP contribution in [0.4, 0.5) is 5.69 Å². The van der Waals surface area contributed by atoms with E-state index in [1.165, 1.54) is 12.3 Å². The molecule has 1 saturated carbocycles. The quantitative estimate of drug-likeness (QED) is 0.690. The van der Waals surface area contributed by atoms with Crippen molar-refractivity contribution in [2.45, 2.75) is 31.3 Å². The molecule has 6 nitrogen and oxygen atoms in total. The van der Waals surface area contributed by atoms with Gasteiger partial charge in [-0.2, -0.15) is 0 Å². The Morgan fingerprint density at radius 1 is 1.33 bits per heavy atom. The van der Waals surface area contributed by atoms with Gasteiger partial charge in [-0.1, -0.05) is 12.8 Å². The summed E-state index contributed by atoms with van der Waals surface area (Å²) in [4.78, 5) is 14.7. The number of nitro groups is 1. The van der Waals surface area contributed by atoms with E-state index in [2.05, 4.69) is 4.98 Å². The molecule has 1 aliphatic carbocycles. The summed E-state index contributed by atoms with van der Waals surface area (Å²) < 4.78 is 5.73. The molecule has 1 N–H and O–H groups in total. The van der Waals surface area contributed by atoms with Gasteiger partial charge in [-0.05, 0) is 31.0 Å². The summed E-state index contributed by atoms with van der Waals surface area (Å²) in [5, 5.41) is 21.9. The predicted molar refractivity (Wildman–Crippen MR) is 77.3 cm³/mol. The molecular weight excluding hydrogens is 272 g/mol. The lowest BCUT2D eigenvalue weighted by Gasteiger charge is -2.22. The van der Waals surface area contributed by atoms with Crippen LogP contribution in [0.3, 0.4) is 0 Å². The third-order valence-corrected chi connectivity index (χ3v) is 3.94. The Morgan fingerprint density at radius 2 is 2.10 bits per heavy atom. The number of aliphatic hydroxyl groups is 1. The van der Waals surface area contributed by atoms with Gasteiger partial charge in [-0.3, -0.25) is 10.1 Å². The van der Waals surface area contributed by atoms with Gasteiger partial charge in [-0.25, -0.2) is 4.98 Å². The van der Waals surface area contributed by atoms with Crippen LogP contribution in [0.2, 0.25) is 0 Å². The van der Waals surface area contributed by atoms with E-state index in [0.717, 1.165) is 25.7 Å². The van der Waals surface area contributed by atoms with Crippen LogP contribution in [0.25, 0.3) is 10.9 Å². The van der Waals surface area contributed by atoms with Crippen molar-refractivity contribution in [2.75, 3.05) is 6.61 Å². The van der Waals surface area contributed by atoms with Crippen molar-refractivity contribution < 1.29 is 14.8 Å². The molecule has 1 heterocycles. The summed E-state index contributed by atoms with van der Waals surface area (Å²) in [6.45, 7) is 0.203. The Hall–Kier alpha value is -2.21. The number of nitro benzene ring substituents is 1. The van der Waals surface area contributed by atoms with Gasteiger partial charge in [0.15, 0.2) is 5.52 Å². The predicted octanol–water partition coefficient (Wildman–Crippen LogP) is 2.83. The molecule has 3 rings (SSSR count). The topological polar surface area (TPSA) is 85.5 Å². The molecule has 0 aliphatic heterocycles. The zero-order valence-corrected chi connectivity index (χ0v) is 11.5. The average molecular weight is 288 g/mol. The van der Waals surface area contributed by atoms with Crippen LogP contribution in [-0.4, -0.2) is 27.2 Å². The zero-order chi connectivity index (χ0) is 14.9. The van der Waals surface area contributed by atoms with E-state index < -0.39 is 10.5 Å². The normalized spacial score (nSPS) is 17.0. The van der Waals surface area contributed by atoms with Crippen molar-refractivity contribution >= 4 is 16.6 Å². The van der Waals surface area contributed by atoms with E-state index in [-0.39, 0.29) is 12.3 Å². The van der Waals surface area contributed by atoms with Gasteiger partial charge in [0.25, 0.3) is 5.69 Å². The highest BCUT2D eigenvalue weighted by Crippen LogP contribution is 2.34. The second-order valence-corrected chi connectivity index (χ2v) is 5.46. The minimum atomic E-state index is -0.781. The lowest BCUT2D eigenvalue weighted by atomic mass is 10.0. The average Bonchev–Trinajstić information content (AvgIpc) is 2.91. The monoisotopic (exact) mass is 288 g/mol. The Morgan fingerprint density at radius 3 is 2.81 bits per heavy atom. The highest BCUT2D eigenvalue weighted by atomic mass is 16.6. The van der Waals surface area contributed by atoms with Gasteiger partial charge < -0.3 is 9.84 Å². The second kappa shape index (κ2) is 5.29. The van der Waals surface area contributed by atoms with Crippen molar-refractivity contribution in [3.8, 4) is 5.75 Å². The Bertz CT molecular complexity index is 680. The molecule has 0 saturated heterocycles. The van der Waals surface area contributed by atoms with E-state index in [1.807, 2.05) is 0 Å². The van der Waals surface area contributed by atoms with E-state index in [9.17, 15) is 15.2 Å². The summed E-state index contributed by atoms with van der Waals surface area (Å²) in [5.74, 6) is 0.518. The van der Waals surface area contributed by atoms with Crippen LogP contribution in [0, 0.1) is 10.1 Å². The molecule has 1 fully saturated rings. The number of nitrogens with zero attached hydrogens (tertiary/aromatic N) is 2. The first-order chi connectivity index (χ1) is 10.1. The lowest BCUT2D eigenvalue weighted by Crippen LogP contribution is -2.32. The minimum absolute atomic E-state index is 0.0440. The lowest BCUT2D eigenvalue weighted by molar-refractivity contribution is -0.383. The van der Waals surface area contributed by atoms with Gasteiger partial charge in [-0.15, -0.1) is 0 Å². The summed E-state index contributed by atoms with van der Waals surface area (Å²) in [5.41, 5.74) is -0.521. The third kappa shape index (κ3) is 2.67. The first kappa shape index (κ1) is 13.8. The van der Waals surface area contributed by atoms with Gasteiger partial charge in [0, 0.05) is 17.6 Å². The Labute approximate surface area is 121 Å². The fourth-order valence-corrected chi connectivity index (χ4v) is 2.79. The summed E-state index contributed by atoms with van der Waals surface area (Å²) in [6, 6.07) is 6.41. The van der Waals surface area contributed by atoms with Crippen LogP contribution < -0.4 is 4.74 Å². The molecule has 110 valence electrons. The molecule has 1 aromatic carbocycles. The van der Waals surface area contributed by atoms with Crippen molar-refractivity contribution in [1.82, 2.24) is 4.98 Å². The molecule has 21 heavy (non-hydrogen) atoms. The van der Waals surface area contributed by atoms with Crippen LogP contribution in [-0.2, 0) is 0 Å². The van der Waals surface area contributed by atoms with E-state index in [4.69, 9.17) is 4.74 Å². The molecular formula is C15H16N2O4. The van der Waals surface area contributed by atoms with Crippen molar-refractivity contribution in [2.24, 2.45) is 0 Å². The molecule has 0 spiro atoms. The Kier molecular flexibility index (Phi) is 3.47. The maximum Gasteiger partial charge on any atom is 0.295 e. The molecule has 2 aromatic rings. The highest BCUT2D eigenvalue weighted by molar-refractivity contribution is 5.91. The van der Waals surface area contributed by atoms with Crippen LogP contribution in [0.5, 0.6) is 5.75 Å². The standard InChI is InChI=1S/C15H16N2O4/c18-15(7-1-2-8-15)10-21-13-6-5-12(17(19)20)14-11(13)4-3-9-16-14/h3-6,9,18H,1-2,7-8,10H2. The molecule has 6 heteroatoms. The highest BCUT2D eigenvalue weighted by Gasteiger charge is 2.32. The van der Waals surface area contributed by atoms with Gasteiger partial charge in [0.05, 0.1) is 10.5 Å². The van der Waals surface area contributed by atoms with Gasteiger partial charge in [0.1, 0.15) is 12.4 Å². The molecule has 0 bridgehead atoms. The van der Waals surface area contributed by atoms with E-state index >= 15 is 0 Å². The molecule has 0 radical (unpaired) electrons.